The predicted molar refractivity (Wildman–Crippen MR) is 79.9 cm³/mol. The van der Waals surface area contributed by atoms with Gasteiger partial charge in [0.2, 0.25) is 0 Å². The zero-order valence-corrected chi connectivity index (χ0v) is 11.7. The predicted octanol–water partition coefficient (Wildman–Crippen LogP) is 3.90. The second-order valence-corrected chi connectivity index (χ2v) is 5.16. The van der Waals surface area contributed by atoms with E-state index in [0.29, 0.717) is 5.92 Å². The maximum Gasteiger partial charge on any atom is 0.139 e. The Morgan fingerprint density at radius 2 is 2.00 bits per heavy atom. The summed E-state index contributed by atoms with van der Waals surface area (Å²) in [5, 5.41) is 0. The molecule has 0 spiro atoms. The Morgan fingerprint density at radius 1 is 1.22 bits per heavy atom. The first-order valence-electron chi connectivity index (χ1n) is 6.48. The first-order valence-corrected chi connectivity index (χ1v) is 7.12. The molecule has 0 aliphatic carbocycles. The Kier molecular flexibility index (Phi) is 4.88. The van der Waals surface area contributed by atoms with Gasteiger partial charge in [-0.1, -0.05) is 37.3 Å². The third-order valence-electron chi connectivity index (χ3n) is 3.23. The van der Waals surface area contributed by atoms with Crippen LogP contribution in [0.25, 0.3) is 11.4 Å². The highest BCUT2D eigenvalue weighted by atomic mass is 32.1. The Bertz CT molecular complexity index is 464. The molecule has 0 amide bonds. The van der Waals surface area contributed by atoms with Gasteiger partial charge in [-0.2, -0.15) is 12.6 Å². The van der Waals surface area contributed by atoms with E-state index in [1.54, 1.807) is 0 Å². The van der Waals surface area contributed by atoms with Crippen LogP contribution in [0, 0.1) is 5.92 Å². The van der Waals surface area contributed by atoms with Gasteiger partial charge < -0.3 is 4.57 Å². The highest BCUT2D eigenvalue weighted by Gasteiger charge is 2.07. The molecule has 3 heteroatoms. The van der Waals surface area contributed by atoms with Gasteiger partial charge in [0.05, 0.1) is 0 Å². The van der Waals surface area contributed by atoms with E-state index in [9.17, 15) is 0 Å². The van der Waals surface area contributed by atoms with Crippen LogP contribution in [0.2, 0.25) is 0 Å². The van der Waals surface area contributed by atoms with Gasteiger partial charge in [-0.15, -0.1) is 0 Å². The molecular weight excluding hydrogens is 240 g/mol. The lowest BCUT2D eigenvalue weighted by atomic mass is 10.1. The minimum atomic E-state index is 0.716. The highest BCUT2D eigenvalue weighted by Crippen LogP contribution is 2.18. The van der Waals surface area contributed by atoms with Gasteiger partial charge in [-0.25, -0.2) is 4.98 Å². The molecule has 0 bridgehead atoms. The molecule has 2 nitrogen and oxygen atoms in total. The molecule has 18 heavy (non-hydrogen) atoms. The number of aryl methyl sites for hydroxylation is 1. The van der Waals surface area contributed by atoms with E-state index in [4.69, 9.17) is 0 Å². The fourth-order valence-corrected chi connectivity index (χ4v) is 2.50. The lowest BCUT2D eigenvalue weighted by Gasteiger charge is -2.12. The second-order valence-electron chi connectivity index (χ2n) is 4.72. The van der Waals surface area contributed by atoms with Crippen molar-refractivity contribution in [2.75, 3.05) is 5.75 Å². The van der Waals surface area contributed by atoms with E-state index in [-0.39, 0.29) is 0 Å². The summed E-state index contributed by atoms with van der Waals surface area (Å²) in [5.41, 5.74) is 1.18. The summed E-state index contributed by atoms with van der Waals surface area (Å²) in [6, 6.07) is 10.4. The van der Waals surface area contributed by atoms with Crippen molar-refractivity contribution < 1.29 is 0 Å². The summed E-state index contributed by atoms with van der Waals surface area (Å²) in [6.45, 7) is 3.31. The van der Waals surface area contributed by atoms with Crippen molar-refractivity contribution >= 4 is 12.6 Å². The van der Waals surface area contributed by atoms with Gasteiger partial charge in [0.15, 0.2) is 0 Å². The zero-order valence-electron chi connectivity index (χ0n) is 10.8. The Hall–Kier alpha value is -1.22. The summed E-state index contributed by atoms with van der Waals surface area (Å²) >= 11 is 4.29. The van der Waals surface area contributed by atoms with Crippen LogP contribution >= 0.6 is 12.6 Å². The quantitative estimate of drug-likeness (QED) is 0.780. The lowest BCUT2D eigenvalue weighted by Crippen LogP contribution is -2.05. The number of nitrogens with zero attached hydrogens (tertiary/aromatic N) is 2. The van der Waals surface area contributed by atoms with Crippen LogP contribution in [-0.2, 0) is 6.54 Å². The number of hydrogen-bond acceptors (Lipinski definition) is 2. The average Bonchev–Trinajstić information content (AvgIpc) is 2.86. The van der Waals surface area contributed by atoms with Crippen LogP contribution in [0.3, 0.4) is 0 Å². The van der Waals surface area contributed by atoms with Crippen molar-refractivity contribution in [2.45, 2.75) is 26.3 Å². The molecule has 1 aromatic carbocycles. The van der Waals surface area contributed by atoms with Gasteiger partial charge >= 0.3 is 0 Å². The minimum absolute atomic E-state index is 0.716. The summed E-state index contributed by atoms with van der Waals surface area (Å²) < 4.78 is 2.24. The number of benzene rings is 1. The summed E-state index contributed by atoms with van der Waals surface area (Å²) in [5.74, 6) is 2.75. The smallest absolute Gasteiger partial charge is 0.139 e. The van der Waals surface area contributed by atoms with E-state index in [1.807, 2.05) is 12.3 Å². The van der Waals surface area contributed by atoms with E-state index in [1.165, 1.54) is 18.4 Å². The van der Waals surface area contributed by atoms with Gasteiger partial charge in [0.1, 0.15) is 5.82 Å². The molecule has 96 valence electrons. The van der Waals surface area contributed by atoms with Crippen LogP contribution in [0.5, 0.6) is 0 Å². The molecule has 0 fully saturated rings. The van der Waals surface area contributed by atoms with Gasteiger partial charge in [0.25, 0.3) is 0 Å². The van der Waals surface area contributed by atoms with Crippen molar-refractivity contribution in [3.05, 3.63) is 42.7 Å². The molecule has 0 N–H and O–H groups in total. The number of aromatic nitrogens is 2. The molecule has 0 aliphatic heterocycles. The summed E-state index contributed by atoms with van der Waals surface area (Å²) in [7, 11) is 0. The Morgan fingerprint density at radius 3 is 2.72 bits per heavy atom. The number of imidazole rings is 1. The van der Waals surface area contributed by atoms with Crippen molar-refractivity contribution in [3.63, 3.8) is 0 Å². The van der Waals surface area contributed by atoms with Crippen LogP contribution < -0.4 is 0 Å². The highest BCUT2D eigenvalue weighted by molar-refractivity contribution is 7.80. The van der Waals surface area contributed by atoms with Crippen molar-refractivity contribution in [2.24, 2.45) is 5.92 Å². The molecule has 0 saturated carbocycles. The molecule has 1 aromatic heterocycles. The molecule has 1 heterocycles. The largest absolute Gasteiger partial charge is 0.331 e. The summed E-state index contributed by atoms with van der Waals surface area (Å²) in [4.78, 5) is 4.46. The number of rotatable bonds is 6. The molecule has 2 rings (SSSR count). The standard InChI is InChI=1S/C15H20N2S/c1-13(8-12-18)7-10-17-11-9-16-15(17)14-5-3-2-4-6-14/h2-6,9,11,13,18H,7-8,10,12H2,1H3. The molecule has 1 unspecified atom stereocenters. The van der Waals surface area contributed by atoms with E-state index in [2.05, 4.69) is 59.6 Å². The van der Waals surface area contributed by atoms with Crippen LogP contribution in [0.4, 0.5) is 0 Å². The molecule has 0 radical (unpaired) electrons. The topological polar surface area (TPSA) is 17.8 Å². The maximum atomic E-state index is 4.46. The second kappa shape index (κ2) is 6.64. The molecule has 2 aromatic rings. The fourth-order valence-electron chi connectivity index (χ4n) is 2.06. The van der Waals surface area contributed by atoms with Gasteiger partial charge in [-0.3, -0.25) is 0 Å². The minimum Gasteiger partial charge on any atom is -0.331 e. The monoisotopic (exact) mass is 260 g/mol. The molecular formula is C15H20N2S. The van der Waals surface area contributed by atoms with Crippen LogP contribution in [0.1, 0.15) is 19.8 Å². The summed E-state index contributed by atoms with van der Waals surface area (Å²) in [6.07, 6.45) is 6.30. The SMILES string of the molecule is CC(CCS)CCn1ccnc1-c1ccccc1. The third-order valence-corrected chi connectivity index (χ3v) is 3.49. The van der Waals surface area contributed by atoms with E-state index >= 15 is 0 Å². The lowest BCUT2D eigenvalue weighted by molar-refractivity contribution is 0.473. The van der Waals surface area contributed by atoms with Crippen LogP contribution in [0.15, 0.2) is 42.7 Å². The Balaban J connectivity index is 2.05. The molecule has 0 aliphatic rings. The number of thiol groups is 1. The fraction of sp³-hybridized carbons (Fsp3) is 0.400. The van der Waals surface area contributed by atoms with Crippen LogP contribution in [-0.4, -0.2) is 15.3 Å². The zero-order chi connectivity index (χ0) is 12.8. The maximum absolute atomic E-state index is 4.46. The first kappa shape index (κ1) is 13.2. The van der Waals surface area contributed by atoms with Gasteiger partial charge in [0, 0.05) is 24.5 Å². The van der Waals surface area contributed by atoms with Gasteiger partial charge in [-0.05, 0) is 24.5 Å². The number of hydrogen-bond donors (Lipinski definition) is 1. The average molecular weight is 260 g/mol. The first-order chi connectivity index (χ1) is 8.81. The van der Waals surface area contributed by atoms with Crippen molar-refractivity contribution in [3.8, 4) is 11.4 Å². The Labute approximate surface area is 114 Å². The van der Waals surface area contributed by atoms with E-state index < -0.39 is 0 Å². The normalized spacial score (nSPS) is 12.6. The molecule has 1 atom stereocenters. The van der Waals surface area contributed by atoms with E-state index in [0.717, 1.165) is 18.1 Å². The van der Waals surface area contributed by atoms with Crippen molar-refractivity contribution in [1.29, 1.82) is 0 Å². The third kappa shape index (κ3) is 3.39. The van der Waals surface area contributed by atoms with Crippen molar-refractivity contribution in [1.82, 2.24) is 9.55 Å². The molecule has 0 saturated heterocycles.